The minimum atomic E-state index is -1.53. The molecule has 4 nitrogen and oxygen atoms in total. The van der Waals surface area contributed by atoms with Crippen LogP contribution >= 0.6 is 0 Å². The number of ether oxygens (including phenoxy) is 3. The first kappa shape index (κ1) is 24.1. The monoisotopic (exact) mass is 456 g/mol. The zero-order valence-corrected chi connectivity index (χ0v) is 19.8. The first-order valence-corrected chi connectivity index (χ1v) is 11.5. The van der Waals surface area contributed by atoms with Crippen molar-refractivity contribution in [3.63, 3.8) is 0 Å². The summed E-state index contributed by atoms with van der Waals surface area (Å²) in [4.78, 5) is 0. The van der Waals surface area contributed by atoms with Crippen LogP contribution in [0, 0.1) is 0 Å². The smallest absolute Gasteiger partial charge is 0.164 e. The van der Waals surface area contributed by atoms with Gasteiger partial charge in [0.25, 0.3) is 0 Å². The number of aliphatic hydroxyl groups is 1. The van der Waals surface area contributed by atoms with Gasteiger partial charge in [0, 0.05) is 0 Å². The lowest BCUT2D eigenvalue weighted by molar-refractivity contribution is -0.176. The summed E-state index contributed by atoms with van der Waals surface area (Å²) in [6.45, 7) is 11.3. The predicted molar refractivity (Wildman–Crippen MR) is 134 cm³/mol. The van der Waals surface area contributed by atoms with Crippen molar-refractivity contribution in [2.24, 2.45) is 0 Å². The topological polar surface area (TPSA) is 47.9 Å². The van der Waals surface area contributed by atoms with Gasteiger partial charge in [-0.3, -0.25) is 0 Å². The molecule has 4 rings (SSSR count). The van der Waals surface area contributed by atoms with E-state index in [1.165, 1.54) is 6.08 Å². The molecule has 4 heteroatoms. The first-order chi connectivity index (χ1) is 16.3. The van der Waals surface area contributed by atoms with Gasteiger partial charge in [-0.2, -0.15) is 0 Å². The summed E-state index contributed by atoms with van der Waals surface area (Å²) in [6.07, 6.45) is 1.89. The molecule has 1 N–H and O–H groups in total. The van der Waals surface area contributed by atoms with Gasteiger partial charge >= 0.3 is 0 Å². The van der Waals surface area contributed by atoms with Crippen LogP contribution in [0.2, 0.25) is 0 Å². The van der Waals surface area contributed by atoms with Crippen LogP contribution in [0.4, 0.5) is 0 Å². The van der Waals surface area contributed by atoms with E-state index in [4.69, 9.17) is 14.2 Å². The van der Waals surface area contributed by atoms with Crippen LogP contribution in [0.25, 0.3) is 0 Å². The predicted octanol–water partition coefficient (Wildman–Crippen LogP) is 5.62. The third-order valence-electron chi connectivity index (χ3n) is 6.27. The van der Waals surface area contributed by atoms with E-state index in [2.05, 4.69) is 13.2 Å². The molecule has 3 atom stereocenters. The molecule has 0 amide bonds. The molecule has 2 unspecified atom stereocenters. The molecule has 0 spiro atoms. The van der Waals surface area contributed by atoms with Crippen molar-refractivity contribution in [2.45, 2.75) is 43.0 Å². The van der Waals surface area contributed by atoms with Crippen molar-refractivity contribution in [3.05, 3.63) is 133 Å². The first-order valence-electron chi connectivity index (χ1n) is 11.5. The van der Waals surface area contributed by atoms with Crippen molar-refractivity contribution in [2.75, 3.05) is 6.61 Å². The number of benzene rings is 3. The highest BCUT2D eigenvalue weighted by Gasteiger charge is 2.51. The molecule has 0 aliphatic carbocycles. The maximum Gasteiger partial charge on any atom is 0.164 e. The van der Waals surface area contributed by atoms with Crippen LogP contribution in [0.15, 0.2) is 116 Å². The summed E-state index contributed by atoms with van der Waals surface area (Å²) in [5.74, 6) is -0.865. The Morgan fingerprint density at radius 3 is 1.65 bits per heavy atom. The van der Waals surface area contributed by atoms with E-state index >= 15 is 0 Å². The Hall–Kier alpha value is -3.02. The fourth-order valence-electron chi connectivity index (χ4n) is 4.60. The second-order valence-electron chi connectivity index (χ2n) is 9.02. The molecule has 1 aliphatic heterocycles. The number of hydrogen-bond donors (Lipinski definition) is 1. The second-order valence-corrected chi connectivity index (χ2v) is 9.02. The molecule has 176 valence electrons. The summed E-state index contributed by atoms with van der Waals surface area (Å²) in [6, 6.07) is 30.1. The highest BCUT2D eigenvalue weighted by atomic mass is 16.8. The van der Waals surface area contributed by atoms with Crippen LogP contribution in [0.3, 0.4) is 0 Å². The second kappa shape index (κ2) is 9.69. The Bertz CT molecular complexity index is 998. The lowest BCUT2D eigenvalue weighted by atomic mass is 9.79. The van der Waals surface area contributed by atoms with Crippen molar-refractivity contribution >= 4 is 0 Å². The van der Waals surface area contributed by atoms with Crippen molar-refractivity contribution in [3.8, 4) is 0 Å². The summed E-state index contributed by atoms with van der Waals surface area (Å²) < 4.78 is 18.9. The minimum Gasteiger partial charge on any atom is -0.381 e. The SMILES string of the molecule is C=CC1OC(C)(C)OC1[C@](O)(C=C)COC(c1ccccc1)(c1ccccc1)c1ccccc1. The summed E-state index contributed by atoms with van der Waals surface area (Å²) >= 11 is 0. The van der Waals surface area contributed by atoms with E-state index in [9.17, 15) is 5.11 Å². The van der Waals surface area contributed by atoms with Crippen LogP contribution in [-0.4, -0.2) is 35.3 Å². The third kappa shape index (κ3) is 4.50. The van der Waals surface area contributed by atoms with Gasteiger partial charge in [-0.15, -0.1) is 13.2 Å². The molecule has 1 aliphatic rings. The Labute approximate surface area is 202 Å². The number of rotatable bonds is 9. The Balaban J connectivity index is 1.82. The molecular formula is C30H32O4. The van der Waals surface area contributed by atoms with Crippen LogP contribution in [-0.2, 0) is 19.8 Å². The molecule has 0 aromatic heterocycles. The highest BCUT2D eigenvalue weighted by molar-refractivity contribution is 5.47. The molecule has 34 heavy (non-hydrogen) atoms. The van der Waals surface area contributed by atoms with Gasteiger partial charge in [-0.25, -0.2) is 0 Å². The molecule has 1 fully saturated rings. The maximum atomic E-state index is 11.8. The molecule has 0 saturated carbocycles. The lowest BCUT2D eigenvalue weighted by Gasteiger charge is -2.40. The minimum absolute atomic E-state index is 0.0797. The van der Waals surface area contributed by atoms with Crippen molar-refractivity contribution in [1.29, 1.82) is 0 Å². The average molecular weight is 457 g/mol. The van der Waals surface area contributed by atoms with Crippen LogP contribution in [0.5, 0.6) is 0 Å². The highest BCUT2D eigenvalue weighted by Crippen LogP contribution is 2.42. The van der Waals surface area contributed by atoms with Gasteiger partial charge < -0.3 is 19.3 Å². The van der Waals surface area contributed by atoms with Gasteiger partial charge in [0.15, 0.2) is 5.79 Å². The molecule has 1 saturated heterocycles. The summed E-state index contributed by atoms with van der Waals surface area (Å²) in [5, 5.41) is 11.8. The van der Waals surface area contributed by atoms with E-state index in [0.717, 1.165) is 16.7 Å². The van der Waals surface area contributed by atoms with E-state index in [-0.39, 0.29) is 6.61 Å². The normalized spacial score (nSPS) is 21.5. The Kier molecular flexibility index (Phi) is 6.87. The largest absolute Gasteiger partial charge is 0.381 e. The van der Waals surface area contributed by atoms with Gasteiger partial charge in [0.1, 0.15) is 23.4 Å². The molecule has 1 heterocycles. The molecule has 3 aromatic rings. The van der Waals surface area contributed by atoms with Crippen LogP contribution < -0.4 is 0 Å². The molecule has 3 aromatic carbocycles. The van der Waals surface area contributed by atoms with Crippen molar-refractivity contribution < 1.29 is 19.3 Å². The van der Waals surface area contributed by atoms with E-state index < -0.39 is 29.2 Å². The van der Waals surface area contributed by atoms with E-state index in [1.54, 1.807) is 6.08 Å². The summed E-state index contributed by atoms with van der Waals surface area (Å²) in [5.41, 5.74) is 0.337. The Morgan fingerprint density at radius 2 is 1.26 bits per heavy atom. The zero-order chi connectivity index (χ0) is 24.2. The van der Waals surface area contributed by atoms with Gasteiger partial charge in [-0.05, 0) is 30.5 Å². The zero-order valence-electron chi connectivity index (χ0n) is 19.8. The van der Waals surface area contributed by atoms with Gasteiger partial charge in [0.2, 0.25) is 0 Å². The third-order valence-corrected chi connectivity index (χ3v) is 6.27. The quantitative estimate of drug-likeness (QED) is 0.335. The van der Waals surface area contributed by atoms with Crippen molar-refractivity contribution in [1.82, 2.24) is 0 Å². The fraction of sp³-hybridized carbons (Fsp3) is 0.267. The van der Waals surface area contributed by atoms with Gasteiger partial charge in [-0.1, -0.05) is 103 Å². The van der Waals surface area contributed by atoms with E-state index in [1.807, 2.05) is 105 Å². The number of hydrogen-bond acceptors (Lipinski definition) is 4. The molecule has 0 radical (unpaired) electrons. The Morgan fingerprint density at radius 1 is 0.824 bits per heavy atom. The average Bonchev–Trinajstić information content (AvgIpc) is 3.21. The summed E-state index contributed by atoms with van der Waals surface area (Å²) in [7, 11) is 0. The molecular weight excluding hydrogens is 424 g/mol. The van der Waals surface area contributed by atoms with E-state index in [0.29, 0.717) is 0 Å². The fourth-order valence-corrected chi connectivity index (χ4v) is 4.60. The van der Waals surface area contributed by atoms with Gasteiger partial charge in [0.05, 0.1) is 6.61 Å². The van der Waals surface area contributed by atoms with Crippen LogP contribution in [0.1, 0.15) is 30.5 Å². The maximum absolute atomic E-state index is 11.8. The molecule has 0 bridgehead atoms. The standard InChI is InChI=1S/C30H32O4/c1-5-26-27(34-28(3,4)33-26)29(31,6-2)22-32-30(23-16-10-7-11-17-23,24-18-12-8-13-19-24)25-20-14-9-15-21-25/h5-21,26-27,31H,1-2,22H2,3-4H3/t26?,27?,29-/m0/s1. The lowest BCUT2D eigenvalue weighted by Crippen LogP contribution is -2.51.